The average molecular weight is 397 g/mol. The lowest BCUT2D eigenvalue weighted by Crippen LogP contribution is -1.96. The predicted octanol–water partition coefficient (Wildman–Crippen LogP) is 5.51. The number of aromatic nitrogens is 2. The van der Waals surface area contributed by atoms with Crippen molar-refractivity contribution in [1.82, 2.24) is 9.97 Å². The van der Waals surface area contributed by atoms with Gasteiger partial charge in [0, 0.05) is 11.6 Å². The van der Waals surface area contributed by atoms with E-state index in [9.17, 15) is 15.2 Å². The number of nitrogens with zero attached hydrogens (tertiary/aromatic N) is 2. The molecule has 2 aromatic heterocycles. The van der Waals surface area contributed by atoms with Crippen molar-refractivity contribution in [3.05, 3.63) is 76.3 Å². The molecular weight excluding hydrogens is 378 g/mol. The van der Waals surface area contributed by atoms with Crippen LogP contribution in [-0.2, 0) is 0 Å². The second kappa shape index (κ2) is 7.37. The van der Waals surface area contributed by atoms with E-state index in [0.29, 0.717) is 28.5 Å². The van der Waals surface area contributed by atoms with Crippen molar-refractivity contribution in [3.8, 4) is 17.4 Å². The van der Waals surface area contributed by atoms with Crippen molar-refractivity contribution in [1.29, 1.82) is 5.26 Å². The zero-order chi connectivity index (χ0) is 21.4. The number of benzene rings is 2. The van der Waals surface area contributed by atoms with Crippen LogP contribution in [0.4, 0.5) is 0 Å². The Labute approximate surface area is 173 Å². The summed E-state index contributed by atoms with van der Waals surface area (Å²) in [4.78, 5) is 19.0. The van der Waals surface area contributed by atoms with Crippen LogP contribution in [0.3, 0.4) is 0 Å². The Bertz CT molecular complexity index is 1330. The van der Waals surface area contributed by atoms with E-state index in [1.807, 2.05) is 32.9 Å². The number of aryl methyl sites for hydroxylation is 3. The Hall–Kier alpha value is -4.11. The molecule has 0 saturated heterocycles. The summed E-state index contributed by atoms with van der Waals surface area (Å²) >= 11 is 0. The molecule has 0 spiro atoms. The molecular formula is C24H19N3O3. The molecule has 2 heterocycles. The van der Waals surface area contributed by atoms with Crippen LogP contribution < -0.4 is 0 Å². The fraction of sp³-hybridized carbons (Fsp3) is 0.125. The van der Waals surface area contributed by atoms with Crippen molar-refractivity contribution in [2.45, 2.75) is 20.8 Å². The maximum atomic E-state index is 11.3. The van der Waals surface area contributed by atoms with Crippen LogP contribution in [0.15, 0.2) is 46.9 Å². The molecule has 0 saturated carbocycles. The van der Waals surface area contributed by atoms with Crippen LogP contribution in [-0.4, -0.2) is 21.0 Å². The number of nitrogens with one attached hydrogen (secondary N) is 1. The number of fused-ring (bicyclic) bond motifs is 1. The third kappa shape index (κ3) is 3.49. The molecule has 0 fully saturated rings. The lowest BCUT2D eigenvalue weighted by molar-refractivity contribution is 0.0697. The van der Waals surface area contributed by atoms with E-state index in [-0.39, 0.29) is 5.56 Å². The highest BCUT2D eigenvalue weighted by molar-refractivity contribution is 5.91. The molecule has 4 rings (SSSR count). The number of rotatable bonds is 4. The van der Waals surface area contributed by atoms with Gasteiger partial charge in [-0.15, -0.1) is 0 Å². The molecule has 0 amide bonds. The number of carbonyl (C=O) groups is 1. The Kier molecular flexibility index (Phi) is 4.72. The van der Waals surface area contributed by atoms with Gasteiger partial charge >= 0.3 is 5.97 Å². The van der Waals surface area contributed by atoms with E-state index in [1.54, 1.807) is 36.4 Å². The van der Waals surface area contributed by atoms with Crippen LogP contribution in [0.2, 0.25) is 0 Å². The van der Waals surface area contributed by atoms with Gasteiger partial charge in [0.1, 0.15) is 23.4 Å². The average Bonchev–Trinajstić information content (AvgIpc) is 3.33. The number of furan rings is 1. The van der Waals surface area contributed by atoms with Crippen molar-refractivity contribution in [3.63, 3.8) is 0 Å². The van der Waals surface area contributed by atoms with Gasteiger partial charge in [-0.05, 0) is 73.9 Å². The summed E-state index contributed by atoms with van der Waals surface area (Å²) in [6.45, 7) is 5.94. The van der Waals surface area contributed by atoms with E-state index in [0.717, 1.165) is 27.7 Å². The summed E-state index contributed by atoms with van der Waals surface area (Å²) in [5, 5.41) is 18.9. The van der Waals surface area contributed by atoms with Gasteiger partial charge in [0.05, 0.1) is 22.2 Å². The highest BCUT2D eigenvalue weighted by Gasteiger charge is 2.13. The van der Waals surface area contributed by atoms with E-state index >= 15 is 0 Å². The van der Waals surface area contributed by atoms with Gasteiger partial charge in [-0.2, -0.15) is 5.26 Å². The van der Waals surface area contributed by atoms with Crippen molar-refractivity contribution in [2.24, 2.45) is 0 Å². The summed E-state index contributed by atoms with van der Waals surface area (Å²) < 4.78 is 5.89. The van der Waals surface area contributed by atoms with Crippen LogP contribution >= 0.6 is 0 Å². The van der Waals surface area contributed by atoms with Crippen LogP contribution in [0.1, 0.15) is 38.6 Å². The van der Waals surface area contributed by atoms with Gasteiger partial charge in [0.25, 0.3) is 0 Å². The zero-order valence-corrected chi connectivity index (χ0v) is 16.8. The summed E-state index contributed by atoms with van der Waals surface area (Å²) in [6, 6.07) is 14.6. The number of carboxylic acid groups (broad SMARTS) is 1. The molecule has 0 radical (unpaired) electrons. The van der Waals surface area contributed by atoms with Gasteiger partial charge < -0.3 is 14.5 Å². The standard InChI is InChI=1S/C24H19N3O3/c1-13-4-5-16(24(28)29)11-19(13)22-7-6-18(30-22)10-17(12-25)23-26-20-8-14(2)15(3)9-21(20)27-23/h4-11H,1-3H3,(H,26,27)(H,28,29)/b17-10-. The first-order valence-corrected chi connectivity index (χ1v) is 9.39. The number of nitriles is 1. The van der Waals surface area contributed by atoms with Crippen LogP contribution in [0.25, 0.3) is 34.0 Å². The minimum atomic E-state index is -0.995. The van der Waals surface area contributed by atoms with Gasteiger partial charge in [-0.25, -0.2) is 9.78 Å². The third-order valence-electron chi connectivity index (χ3n) is 5.14. The number of H-pyrrole nitrogens is 1. The minimum Gasteiger partial charge on any atom is -0.478 e. The topological polar surface area (TPSA) is 103 Å². The van der Waals surface area contributed by atoms with E-state index < -0.39 is 5.97 Å². The van der Waals surface area contributed by atoms with Gasteiger partial charge in [-0.3, -0.25) is 0 Å². The van der Waals surface area contributed by atoms with E-state index in [2.05, 4.69) is 16.0 Å². The zero-order valence-electron chi connectivity index (χ0n) is 16.8. The molecule has 30 heavy (non-hydrogen) atoms. The Morgan fingerprint density at radius 3 is 2.60 bits per heavy atom. The van der Waals surface area contributed by atoms with Crippen molar-refractivity contribution >= 4 is 28.7 Å². The van der Waals surface area contributed by atoms with E-state index in [4.69, 9.17) is 4.42 Å². The molecule has 6 nitrogen and oxygen atoms in total. The first-order chi connectivity index (χ1) is 14.4. The molecule has 0 unspecified atom stereocenters. The number of hydrogen-bond donors (Lipinski definition) is 2. The molecule has 6 heteroatoms. The first kappa shape index (κ1) is 19.2. The van der Waals surface area contributed by atoms with Gasteiger partial charge in [0.2, 0.25) is 0 Å². The number of carboxylic acids is 1. The first-order valence-electron chi connectivity index (χ1n) is 9.39. The molecule has 148 valence electrons. The normalized spacial score (nSPS) is 11.6. The van der Waals surface area contributed by atoms with Crippen molar-refractivity contribution in [2.75, 3.05) is 0 Å². The Morgan fingerprint density at radius 2 is 1.87 bits per heavy atom. The Balaban J connectivity index is 1.72. The fourth-order valence-corrected chi connectivity index (χ4v) is 3.29. The second-order valence-electron chi connectivity index (χ2n) is 7.25. The van der Waals surface area contributed by atoms with Gasteiger partial charge in [0.15, 0.2) is 0 Å². The predicted molar refractivity (Wildman–Crippen MR) is 115 cm³/mol. The van der Waals surface area contributed by atoms with Crippen LogP contribution in [0, 0.1) is 32.1 Å². The maximum Gasteiger partial charge on any atom is 0.335 e. The van der Waals surface area contributed by atoms with Crippen LogP contribution in [0.5, 0.6) is 0 Å². The lowest BCUT2D eigenvalue weighted by atomic mass is 10.0. The number of hydrogen-bond acceptors (Lipinski definition) is 4. The molecule has 2 aromatic carbocycles. The molecule has 0 aliphatic heterocycles. The number of allylic oxidation sites excluding steroid dienone is 1. The van der Waals surface area contributed by atoms with Crippen molar-refractivity contribution < 1.29 is 14.3 Å². The highest BCUT2D eigenvalue weighted by Crippen LogP contribution is 2.29. The SMILES string of the molecule is Cc1cc2nc(/C(C#N)=C\c3ccc(-c4cc(C(=O)O)ccc4C)o3)[nH]c2cc1C. The summed E-state index contributed by atoms with van der Waals surface area (Å²) in [5.74, 6) is 0.494. The number of aromatic carboxylic acids is 1. The second-order valence-corrected chi connectivity index (χ2v) is 7.25. The maximum absolute atomic E-state index is 11.3. The monoisotopic (exact) mass is 397 g/mol. The molecule has 0 aliphatic rings. The highest BCUT2D eigenvalue weighted by atomic mass is 16.4. The minimum absolute atomic E-state index is 0.190. The third-order valence-corrected chi connectivity index (χ3v) is 5.14. The smallest absolute Gasteiger partial charge is 0.335 e. The molecule has 4 aromatic rings. The summed E-state index contributed by atoms with van der Waals surface area (Å²) in [6.07, 6.45) is 1.62. The molecule has 0 aliphatic carbocycles. The Morgan fingerprint density at radius 1 is 1.10 bits per heavy atom. The lowest BCUT2D eigenvalue weighted by Gasteiger charge is -2.04. The fourth-order valence-electron chi connectivity index (χ4n) is 3.29. The summed E-state index contributed by atoms with van der Waals surface area (Å²) in [7, 11) is 0. The largest absolute Gasteiger partial charge is 0.478 e. The molecule has 2 N–H and O–H groups in total. The van der Waals surface area contributed by atoms with E-state index in [1.165, 1.54) is 0 Å². The molecule has 0 bridgehead atoms. The number of imidazole rings is 1. The van der Waals surface area contributed by atoms with Gasteiger partial charge in [-0.1, -0.05) is 6.07 Å². The quantitative estimate of drug-likeness (QED) is 0.442. The molecule has 0 atom stereocenters. The number of aromatic amines is 1. The summed E-state index contributed by atoms with van der Waals surface area (Å²) in [5.41, 5.74) is 6.09.